The molecule has 1 N–H and O–H groups in total. The minimum absolute atomic E-state index is 0.0101. The summed E-state index contributed by atoms with van der Waals surface area (Å²) in [5.74, 6) is -1.23. The van der Waals surface area contributed by atoms with Crippen LogP contribution >= 0.6 is 0 Å². The van der Waals surface area contributed by atoms with Crippen LogP contribution < -0.4 is 5.32 Å². The first kappa shape index (κ1) is 13.0. The van der Waals surface area contributed by atoms with Crippen molar-refractivity contribution in [2.24, 2.45) is 0 Å². The van der Waals surface area contributed by atoms with E-state index in [0.29, 0.717) is 6.54 Å². The fourth-order valence-corrected chi connectivity index (χ4v) is 1.02. The highest BCUT2D eigenvalue weighted by Gasteiger charge is 2.37. The molecule has 4 nitrogen and oxygen atoms in total. The van der Waals surface area contributed by atoms with Crippen molar-refractivity contribution in [3.63, 3.8) is 0 Å². The van der Waals surface area contributed by atoms with E-state index in [-0.39, 0.29) is 17.9 Å². The molecule has 92 valence electrons. The monoisotopic (exact) mass is 237 g/mol. The normalized spacial score (nSPS) is 13.1. The third kappa shape index (κ3) is 4.18. The molecule has 0 fully saturated rings. The lowest BCUT2D eigenvalue weighted by atomic mass is 10.1. The Hall–Kier alpha value is -1.11. The Morgan fingerprint density at radius 1 is 1.25 bits per heavy atom. The zero-order valence-corrected chi connectivity index (χ0v) is 9.35. The molecule has 0 bridgehead atoms. The Morgan fingerprint density at radius 3 is 2.31 bits per heavy atom. The van der Waals surface area contributed by atoms with Crippen LogP contribution in [0.4, 0.5) is 13.2 Å². The summed E-state index contributed by atoms with van der Waals surface area (Å²) in [5, 5.41) is 5.97. The van der Waals surface area contributed by atoms with Crippen molar-refractivity contribution >= 4 is 0 Å². The fourth-order valence-electron chi connectivity index (χ4n) is 1.02. The van der Waals surface area contributed by atoms with Crippen LogP contribution in [0.5, 0.6) is 0 Å². The third-order valence-corrected chi connectivity index (χ3v) is 1.72. The molecule has 0 aliphatic carbocycles. The quantitative estimate of drug-likeness (QED) is 0.873. The summed E-state index contributed by atoms with van der Waals surface area (Å²) in [6.07, 6.45) is -4.26. The van der Waals surface area contributed by atoms with E-state index >= 15 is 0 Å². The van der Waals surface area contributed by atoms with Crippen LogP contribution in [0, 0.1) is 0 Å². The van der Waals surface area contributed by atoms with Crippen LogP contribution in [0.2, 0.25) is 0 Å². The fraction of sp³-hybridized carbons (Fsp3) is 0.778. The van der Waals surface area contributed by atoms with Gasteiger partial charge in [0.25, 0.3) is 5.82 Å². The Balaban J connectivity index is 2.48. The van der Waals surface area contributed by atoms with Gasteiger partial charge in [0.2, 0.25) is 5.89 Å². The minimum Gasteiger partial charge on any atom is -0.339 e. The summed E-state index contributed by atoms with van der Waals surface area (Å²) < 4.78 is 40.8. The molecule has 7 heteroatoms. The summed E-state index contributed by atoms with van der Waals surface area (Å²) in [6, 6.07) is 0. The third-order valence-electron chi connectivity index (χ3n) is 1.72. The molecule has 0 saturated heterocycles. The highest BCUT2D eigenvalue weighted by atomic mass is 19.4. The maximum Gasteiger partial charge on any atom is 0.455 e. The topological polar surface area (TPSA) is 51.0 Å². The zero-order valence-electron chi connectivity index (χ0n) is 9.35. The summed E-state index contributed by atoms with van der Waals surface area (Å²) in [7, 11) is 0. The highest BCUT2D eigenvalue weighted by molar-refractivity contribution is 4.91. The van der Waals surface area contributed by atoms with Crippen LogP contribution in [-0.4, -0.2) is 22.2 Å². The first-order valence-electron chi connectivity index (χ1n) is 4.83. The van der Waals surface area contributed by atoms with E-state index in [4.69, 9.17) is 0 Å². The summed E-state index contributed by atoms with van der Waals surface area (Å²) in [4.78, 5) is 3.26. The molecule has 0 aliphatic heterocycles. The Kier molecular flexibility index (Phi) is 3.57. The summed E-state index contributed by atoms with van der Waals surface area (Å²) >= 11 is 0. The smallest absolute Gasteiger partial charge is 0.339 e. The number of hydrogen-bond donors (Lipinski definition) is 1. The summed E-state index contributed by atoms with van der Waals surface area (Å²) in [6.45, 7) is 6.37. The second kappa shape index (κ2) is 4.40. The predicted octanol–water partition coefficient (Wildman–Crippen LogP) is 2.02. The van der Waals surface area contributed by atoms with Gasteiger partial charge < -0.3 is 9.84 Å². The molecule has 0 atom stereocenters. The molecular formula is C9H14F3N3O. The van der Waals surface area contributed by atoms with Crippen molar-refractivity contribution in [1.82, 2.24) is 15.5 Å². The van der Waals surface area contributed by atoms with Gasteiger partial charge in [-0.1, -0.05) is 5.16 Å². The SMILES string of the molecule is CC(C)(C)NCCc1nc(C(F)(F)F)no1. The Bertz CT molecular complexity index is 341. The predicted molar refractivity (Wildman–Crippen MR) is 50.8 cm³/mol. The second-order valence-corrected chi connectivity index (χ2v) is 4.44. The number of hydrogen-bond acceptors (Lipinski definition) is 4. The maximum absolute atomic E-state index is 12.1. The van der Waals surface area contributed by atoms with Gasteiger partial charge in [0.15, 0.2) is 0 Å². The molecule has 1 heterocycles. The molecule has 0 aromatic carbocycles. The van der Waals surface area contributed by atoms with Crippen LogP contribution in [0.3, 0.4) is 0 Å². The molecule has 1 rings (SSSR count). The molecule has 0 radical (unpaired) electrons. The van der Waals surface area contributed by atoms with Crippen LogP contribution in [0.1, 0.15) is 32.5 Å². The first-order chi connectivity index (χ1) is 7.18. The van der Waals surface area contributed by atoms with Gasteiger partial charge in [-0.25, -0.2) is 0 Å². The van der Waals surface area contributed by atoms with E-state index in [2.05, 4.69) is 20.0 Å². The van der Waals surface area contributed by atoms with Gasteiger partial charge in [-0.3, -0.25) is 0 Å². The van der Waals surface area contributed by atoms with Gasteiger partial charge in [0.1, 0.15) is 0 Å². The number of halogens is 3. The summed E-state index contributed by atoms with van der Waals surface area (Å²) in [5.41, 5.74) is -0.0904. The van der Waals surface area contributed by atoms with Crippen molar-refractivity contribution in [3.8, 4) is 0 Å². The van der Waals surface area contributed by atoms with Crippen LogP contribution in [-0.2, 0) is 12.6 Å². The van der Waals surface area contributed by atoms with E-state index in [1.165, 1.54) is 0 Å². The highest BCUT2D eigenvalue weighted by Crippen LogP contribution is 2.26. The van der Waals surface area contributed by atoms with Crippen LogP contribution in [0.15, 0.2) is 4.52 Å². The molecule has 0 amide bonds. The van der Waals surface area contributed by atoms with Gasteiger partial charge in [-0.2, -0.15) is 18.2 Å². The molecular weight excluding hydrogens is 223 g/mol. The lowest BCUT2D eigenvalue weighted by molar-refractivity contribution is -0.146. The van der Waals surface area contributed by atoms with Gasteiger partial charge in [0, 0.05) is 18.5 Å². The standard InChI is InChI=1S/C9H14F3N3O/c1-8(2,3)13-5-4-6-14-7(15-16-6)9(10,11)12/h13H,4-5H2,1-3H3. The molecule has 0 aliphatic rings. The van der Waals surface area contributed by atoms with Crippen molar-refractivity contribution in [3.05, 3.63) is 11.7 Å². The average Bonchev–Trinajstić information content (AvgIpc) is 2.49. The average molecular weight is 237 g/mol. The Labute approximate surface area is 91.2 Å². The lowest BCUT2D eigenvalue weighted by Gasteiger charge is -2.19. The minimum atomic E-state index is -4.54. The zero-order chi connectivity index (χ0) is 12.4. The maximum atomic E-state index is 12.1. The largest absolute Gasteiger partial charge is 0.455 e. The van der Waals surface area contributed by atoms with Crippen molar-refractivity contribution in [2.75, 3.05) is 6.54 Å². The lowest BCUT2D eigenvalue weighted by Crippen LogP contribution is -2.37. The van der Waals surface area contributed by atoms with Gasteiger partial charge >= 0.3 is 6.18 Å². The number of nitrogens with one attached hydrogen (secondary N) is 1. The number of aromatic nitrogens is 2. The molecule has 0 saturated carbocycles. The van der Waals surface area contributed by atoms with E-state index in [0.717, 1.165) is 0 Å². The van der Waals surface area contributed by atoms with Gasteiger partial charge in [0.05, 0.1) is 0 Å². The van der Waals surface area contributed by atoms with Crippen molar-refractivity contribution in [2.45, 2.75) is 38.9 Å². The second-order valence-electron chi connectivity index (χ2n) is 4.44. The van der Waals surface area contributed by atoms with E-state index in [9.17, 15) is 13.2 Å². The van der Waals surface area contributed by atoms with E-state index in [1.807, 2.05) is 20.8 Å². The van der Waals surface area contributed by atoms with Crippen molar-refractivity contribution < 1.29 is 17.7 Å². The van der Waals surface area contributed by atoms with E-state index < -0.39 is 12.0 Å². The van der Waals surface area contributed by atoms with Gasteiger partial charge in [-0.05, 0) is 20.8 Å². The number of alkyl halides is 3. The van der Waals surface area contributed by atoms with Crippen molar-refractivity contribution in [1.29, 1.82) is 0 Å². The van der Waals surface area contributed by atoms with Crippen LogP contribution in [0.25, 0.3) is 0 Å². The molecule has 0 unspecified atom stereocenters. The first-order valence-corrected chi connectivity index (χ1v) is 4.83. The van der Waals surface area contributed by atoms with E-state index in [1.54, 1.807) is 0 Å². The number of nitrogens with zero attached hydrogens (tertiary/aromatic N) is 2. The molecule has 1 aromatic rings. The molecule has 16 heavy (non-hydrogen) atoms. The van der Waals surface area contributed by atoms with Gasteiger partial charge in [-0.15, -0.1) is 0 Å². The molecule has 1 aromatic heterocycles. The molecule has 0 spiro atoms. The number of rotatable bonds is 3. The Morgan fingerprint density at radius 2 is 1.88 bits per heavy atom.